The number of nitrogens with one attached hydrogen (secondary N) is 1. The molecule has 0 bridgehead atoms. The molecule has 0 radical (unpaired) electrons. The lowest BCUT2D eigenvalue weighted by Crippen LogP contribution is -2.38. The van der Waals surface area contributed by atoms with Gasteiger partial charge in [-0.15, -0.1) is 0 Å². The van der Waals surface area contributed by atoms with Crippen molar-refractivity contribution in [1.29, 1.82) is 0 Å². The van der Waals surface area contributed by atoms with Crippen molar-refractivity contribution in [2.75, 3.05) is 20.8 Å². The summed E-state index contributed by atoms with van der Waals surface area (Å²) < 4.78 is 16.6. The lowest BCUT2D eigenvalue weighted by molar-refractivity contribution is -0.0550. The first kappa shape index (κ1) is 20.6. The molecule has 1 fully saturated rings. The van der Waals surface area contributed by atoms with Crippen molar-refractivity contribution < 1.29 is 29.5 Å². The quantitative estimate of drug-likeness (QED) is 0.454. The third-order valence-corrected chi connectivity index (χ3v) is 4.45. The van der Waals surface area contributed by atoms with Crippen LogP contribution in [0.2, 0.25) is 0 Å². The highest BCUT2D eigenvalue weighted by atomic mass is 16.6. The maximum Gasteiger partial charge on any atom is 0.330 e. The Kier molecular flexibility index (Phi) is 6.05. The molecule has 4 atom stereocenters. The van der Waals surface area contributed by atoms with Gasteiger partial charge in [-0.05, 0) is 12.1 Å². The molecule has 1 aromatic heterocycles. The molecule has 0 unspecified atom stereocenters. The first-order valence-corrected chi connectivity index (χ1v) is 8.61. The van der Waals surface area contributed by atoms with Gasteiger partial charge in [0.05, 0.1) is 20.8 Å². The highest BCUT2D eigenvalue weighted by Gasteiger charge is 2.43. The zero-order chi connectivity index (χ0) is 21.1. The maximum atomic E-state index is 12.2. The summed E-state index contributed by atoms with van der Waals surface area (Å²) >= 11 is 0. The minimum absolute atomic E-state index is 0.0656. The summed E-state index contributed by atoms with van der Waals surface area (Å²) in [5.74, 6) is 6.48. The van der Waals surface area contributed by atoms with Crippen LogP contribution in [0.1, 0.15) is 17.4 Å². The van der Waals surface area contributed by atoms with E-state index in [4.69, 9.17) is 14.2 Å². The number of hydrogen-bond acceptors (Lipinski definition) is 8. The first-order chi connectivity index (χ1) is 13.9. The summed E-state index contributed by atoms with van der Waals surface area (Å²) in [5, 5.41) is 29.2. The fourth-order valence-corrected chi connectivity index (χ4v) is 2.89. The lowest BCUT2D eigenvalue weighted by Gasteiger charge is -2.17. The van der Waals surface area contributed by atoms with E-state index in [2.05, 4.69) is 16.8 Å². The molecule has 2 aromatic rings. The van der Waals surface area contributed by atoms with Gasteiger partial charge in [0.15, 0.2) is 6.23 Å². The highest BCUT2D eigenvalue weighted by molar-refractivity contribution is 5.48. The minimum Gasteiger partial charge on any atom is -0.497 e. The number of methoxy groups -OCH3 is 2. The molecule has 10 nitrogen and oxygen atoms in total. The molecule has 10 heteroatoms. The molecule has 1 aliphatic heterocycles. The van der Waals surface area contributed by atoms with Crippen LogP contribution in [0.25, 0.3) is 0 Å². The van der Waals surface area contributed by atoms with E-state index in [1.165, 1.54) is 14.2 Å². The zero-order valence-electron chi connectivity index (χ0n) is 15.7. The van der Waals surface area contributed by atoms with Gasteiger partial charge in [0.25, 0.3) is 5.56 Å². The van der Waals surface area contributed by atoms with Crippen LogP contribution in [0.5, 0.6) is 11.5 Å². The van der Waals surface area contributed by atoms with Gasteiger partial charge in [-0.1, -0.05) is 11.8 Å². The lowest BCUT2D eigenvalue weighted by atomic mass is 10.1. The smallest absolute Gasteiger partial charge is 0.330 e. The van der Waals surface area contributed by atoms with Crippen LogP contribution in [0.3, 0.4) is 0 Å². The fraction of sp³-hybridized carbons (Fsp3) is 0.368. The molecule has 0 saturated carbocycles. The maximum absolute atomic E-state index is 12.2. The van der Waals surface area contributed by atoms with Crippen LogP contribution in [0.4, 0.5) is 0 Å². The van der Waals surface area contributed by atoms with Gasteiger partial charge in [0, 0.05) is 17.8 Å². The number of benzene rings is 1. The number of aliphatic hydroxyl groups is 3. The van der Waals surface area contributed by atoms with Crippen LogP contribution >= 0.6 is 0 Å². The van der Waals surface area contributed by atoms with Crippen LogP contribution in [-0.2, 0) is 4.74 Å². The Labute approximate surface area is 164 Å². The van der Waals surface area contributed by atoms with Crippen LogP contribution < -0.4 is 20.7 Å². The molecule has 2 heterocycles. The molecule has 29 heavy (non-hydrogen) atoms. The summed E-state index contributed by atoms with van der Waals surface area (Å²) in [4.78, 5) is 26.4. The van der Waals surface area contributed by atoms with Crippen molar-refractivity contribution in [3.63, 3.8) is 0 Å². The van der Waals surface area contributed by atoms with Gasteiger partial charge in [-0.25, -0.2) is 4.79 Å². The molecule has 0 amide bonds. The minimum atomic E-state index is -1.47. The Morgan fingerprint density at radius 3 is 2.31 bits per heavy atom. The normalized spacial score (nSPS) is 23.3. The number of aliphatic hydroxyl groups excluding tert-OH is 3. The predicted molar refractivity (Wildman–Crippen MR) is 99.9 cm³/mol. The van der Waals surface area contributed by atoms with Crippen LogP contribution in [-0.4, -0.2) is 64.0 Å². The Hall–Kier alpha value is -3.10. The third kappa shape index (κ3) is 4.18. The number of aromatic nitrogens is 2. The summed E-state index contributed by atoms with van der Waals surface area (Å²) in [6.07, 6.45) is -4.08. The fourth-order valence-electron chi connectivity index (χ4n) is 2.89. The second-order valence-electron chi connectivity index (χ2n) is 6.29. The molecule has 154 valence electrons. The van der Waals surface area contributed by atoms with Gasteiger partial charge in [0.1, 0.15) is 35.4 Å². The molecular formula is C19H20N2O8. The Bertz CT molecular complexity index is 1040. The van der Waals surface area contributed by atoms with Crippen molar-refractivity contribution in [3.8, 4) is 23.3 Å². The van der Waals surface area contributed by atoms with Gasteiger partial charge < -0.3 is 29.5 Å². The number of ether oxygens (including phenoxy) is 3. The summed E-state index contributed by atoms with van der Waals surface area (Å²) in [6, 6.07) is 4.96. The van der Waals surface area contributed by atoms with Crippen LogP contribution in [0.15, 0.2) is 34.0 Å². The van der Waals surface area contributed by atoms with Crippen LogP contribution in [0, 0.1) is 11.8 Å². The Morgan fingerprint density at radius 2 is 1.76 bits per heavy atom. The predicted octanol–water partition coefficient (Wildman–Crippen LogP) is -1.43. The second kappa shape index (κ2) is 8.50. The molecule has 3 rings (SSSR count). The van der Waals surface area contributed by atoms with Crippen molar-refractivity contribution in [2.24, 2.45) is 0 Å². The molecule has 0 aliphatic carbocycles. The Balaban J connectivity index is 1.99. The van der Waals surface area contributed by atoms with Crippen molar-refractivity contribution >= 4 is 0 Å². The standard InChI is InChI=1S/C19H20N2O8/c1-27-12-5-10(6-13(7-12)28-2)3-4-11-8-21(19(26)20-17(11)25)18-16(24)15(23)14(9-22)29-18/h5-8,14-16,18,22-24H,9H2,1-2H3,(H,20,25,26)/t14-,15-,16-,18-/m1/s1. The third-order valence-electron chi connectivity index (χ3n) is 4.45. The van der Waals surface area contributed by atoms with E-state index in [9.17, 15) is 24.9 Å². The van der Waals surface area contributed by atoms with E-state index >= 15 is 0 Å². The summed E-state index contributed by atoms with van der Waals surface area (Å²) in [5.41, 5.74) is -1.13. The summed E-state index contributed by atoms with van der Waals surface area (Å²) in [7, 11) is 2.99. The molecular weight excluding hydrogens is 384 g/mol. The largest absolute Gasteiger partial charge is 0.497 e. The average Bonchev–Trinajstić information content (AvgIpc) is 3.01. The van der Waals surface area contributed by atoms with E-state index in [-0.39, 0.29) is 5.56 Å². The highest BCUT2D eigenvalue weighted by Crippen LogP contribution is 2.28. The number of rotatable bonds is 4. The number of aromatic amines is 1. The van der Waals surface area contributed by atoms with Crippen molar-refractivity contribution in [2.45, 2.75) is 24.5 Å². The summed E-state index contributed by atoms with van der Waals surface area (Å²) in [6.45, 7) is -0.544. The number of nitrogens with zero attached hydrogens (tertiary/aromatic N) is 1. The molecule has 0 spiro atoms. The zero-order valence-corrected chi connectivity index (χ0v) is 15.7. The number of H-pyrrole nitrogens is 1. The monoisotopic (exact) mass is 404 g/mol. The molecule has 1 aromatic carbocycles. The van der Waals surface area contributed by atoms with E-state index in [0.29, 0.717) is 17.1 Å². The van der Waals surface area contributed by atoms with Gasteiger partial charge in [-0.2, -0.15) is 0 Å². The number of hydrogen-bond donors (Lipinski definition) is 4. The molecule has 1 aliphatic rings. The van der Waals surface area contributed by atoms with Crippen molar-refractivity contribution in [3.05, 3.63) is 56.4 Å². The van der Waals surface area contributed by atoms with Gasteiger partial charge in [-0.3, -0.25) is 14.3 Å². The Morgan fingerprint density at radius 1 is 1.10 bits per heavy atom. The van der Waals surface area contributed by atoms with Gasteiger partial charge in [0.2, 0.25) is 0 Å². The van der Waals surface area contributed by atoms with E-state index < -0.39 is 42.4 Å². The molecule has 4 N–H and O–H groups in total. The van der Waals surface area contributed by atoms with Crippen molar-refractivity contribution in [1.82, 2.24) is 9.55 Å². The average molecular weight is 404 g/mol. The van der Waals surface area contributed by atoms with E-state index in [1.54, 1.807) is 18.2 Å². The molecule has 1 saturated heterocycles. The van der Waals surface area contributed by atoms with Gasteiger partial charge >= 0.3 is 5.69 Å². The van der Waals surface area contributed by atoms with E-state index in [0.717, 1.165) is 10.8 Å². The first-order valence-electron chi connectivity index (χ1n) is 8.61. The topological polar surface area (TPSA) is 143 Å². The SMILES string of the molecule is COc1cc(C#Cc2cn([C@@H]3O[C@H](CO)[C@@H](O)[C@H]3O)c(=O)[nH]c2=O)cc(OC)c1. The second-order valence-corrected chi connectivity index (χ2v) is 6.29. The van der Waals surface area contributed by atoms with E-state index in [1.807, 2.05) is 0 Å².